The van der Waals surface area contributed by atoms with Gasteiger partial charge in [-0.15, -0.1) is 23.1 Å². The van der Waals surface area contributed by atoms with Crippen LogP contribution < -0.4 is 10.6 Å². The van der Waals surface area contributed by atoms with Gasteiger partial charge in [-0.3, -0.25) is 9.59 Å². The standard InChI is InChI=1S/C33H33N3O7S2/c1-33(2,3)43-32(40)36-16-15-23-25(19-36)45-30(26(23)31(39)41-4)35-29(38)27(20-10-6-5-7-11-20)44-22-13-8-12-21(18-22)34-28(37)24-14-9-17-42-24/h5-14,17-18,27H,15-16,19H2,1-4H3,(H,34,37)(H,35,38). The summed E-state index contributed by atoms with van der Waals surface area (Å²) in [5.41, 5.74) is 1.71. The van der Waals surface area contributed by atoms with E-state index in [2.05, 4.69) is 10.6 Å². The van der Waals surface area contributed by atoms with Crippen molar-refractivity contribution in [3.05, 3.63) is 100 Å². The molecule has 10 nitrogen and oxygen atoms in total. The number of anilines is 2. The molecule has 0 saturated carbocycles. The van der Waals surface area contributed by atoms with Gasteiger partial charge in [-0.2, -0.15) is 0 Å². The van der Waals surface area contributed by atoms with Crippen LogP contribution in [0, 0.1) is 0 Å². The Morgan fingerprint density at radius 1 is 1.00 bits per heavy atom. The molecule has 12 heteroatoms. The molecule has 0 saturated heterocycles. The summed E-state index contributed by atoms with van der Waals surface area (Å²) in [5.74, 6) is -1.10. The number of carbonyl (C=O) groups is 4. The number of furan rings is 1. The molecule has 0 spiro atoms. The molecule has 0 aliphatic carbocycles. The monoisotopic (exact) mass is 647 g/mol. The smallest absolute Gasteiger partial charge is 0.410 e. The van der Waals surface area contributed by atoms with Gasteiger partial charge in [0.15, 0.2) is 5.76 Å². The van der Waals surface area contributed by atoms with Crippen molar-refractivity contribution in [2.45, 2.75) is 49.5 Å². The summed E-state index contributed by atoms with van der Waals surface area (Å²) in [4.78, 5) is 55.4. The number of rotatable bonds is 8. The van der Waals surface area contributed by atoms with Gasteiger partial charge in [-0.05, 0) is 68.7 Å². The third kappa shape index (κ3) is 7.76. The number of hydrogen-bond donors (Lipinski definition) is 2. The number of nitrogens with one attached hydrogen (secondary N) is 2. The van der Waals surface area contributed by atoms with Gasteiger partial charge in [0, 0.05) is 22.0 Å². The van der Waals surface area contributed by atoms with Crippen LogP contribution in [0.25, 0.3) is 0 Å². The molecule has 234 valence electrons. The molecule has 2 aromatic heterocycles. The van der Waals surface area contributed by atoms with E-state index in [1.54, 1.807) is 35.2 Å². The third-order valence-electron chi connectivity index (χ3n) is 6.77. The fourth-order valence-electron chi connectivity index (χ4n) is 4.75. The maximum Gasteiger partial charge on any atom is 0.410 e. The lowest BCUT2D eigenvalue weighted by Gasteiger charge is -2.30. The Hall–Kier alpha value is -4.55. The number of fused-ring (bicyclic) bond motifs is 1. The van der Waals surface area contributed by atoms with Crippen LogP contribution in [-0.4, -0.2) is 48.0 Å². The van der Waals surface area contributed by atoms with Crippen molar-refractivity contribution in [2.75, 3.05) is 24.3 Å². The SMILES string of the molecule is COC(=O)c1c(NC(=O)C(Sc2cccc(NC(=O)c3ccco3)c2)c2ccccc2)sc2c1CCN(C(=O)OC(C)(C)C)C2. The Morgan fingerprint density at radius 3 is 2.47 bits per heavy atom. The second kappa shape index (κ2) is 13.6. The van der Waals surface area contributed by atoms with Crippen LogP contribution in [0.5, 0.6) is 0 Å². The highest BCUT2D eigenvalue weighted by molar-refractivity contribution is 8.00. The molecule has 5 rings (SSSR count). The van der Waals surface area contributed by atoms with Gasteiger partial charge in [0.1, 0.15) is 15.9 Å². The zero-order valence-corrected chi connectivity index (χ0v) is 26.9. The van der Waals surface area contributed by atoms with Crippen molar-refractivity contribution < 1.29 is 33.1 Å². The lowest BCUT2D eigenvalue weighted by atomic mass is 10.0. The maximum absolute atomic E-state index is 14.0. The molecule has 45 heavy (non-hydrogen) atoms. The molecule has 2 N–H and O–H groups in total. The Morgan fingerprint density at radius 2 is 1.78 bits per heavy atom. The van der Waals surface area contributed by atoms with E-state index in [0.717, 1.165) is 20.9 Å². The number of ether oxygens (including phenoxy) is 2. The molecule has 3 amide bonds. The number of carbonyl (C=O) groups excluding carboxylic acids is 4. The fraction of sp³-hybridized carbons (Fsp3) is 0.273. The lowest BCUT2D eigenvalue weighted by molar-refractivity contribution is -0.115. The van der Waals surface area contributed by atoms with E-state index in [0.29, 0.717) is 29.2 Å². The minimum absolute atomic E-state index is 0.184. The minimum atomic E-state index is -0.704. The summed E-state index contributed by atoms with van der Waals surface area (Å²) in [6.07, 6.45) is 1.41. The van der Waals surface area contributed by atoms with Crippen molar-refractivity contribution in [1.29, 1.82) is 0 Å². The highest BCUT2D eigenvalue weighted by atomic mass is 32.2. The van der Waals surface area contributed by atoms with Crippen molar-refractivity contribution in [3.63, 3.8) is 0 Å². The number of esters is 1. The Balaban J connectivity index is 1.40. The molecule has 1 aliphatic heterocycles. The van der Waals surface area contributed by atoms with Crippen LogP contribution in [0.2, 0.25) is 0 Å². The van der Waals surface area contributed by atoms with Crippen LogP contribution in [0.15, 0.2) is 82.3 Å². The van der Waals surface area contributed by atoms with Gasteiger partial charge in [0.25, 0.3) is 5.91 Å². The number of benzene rings is 2. The van der Waals surface area contributed by atoms with Crippen molar-refractivity contribution in [2.24, 2.45) is 0 Å². The quantitative estimate of drug-likeness (QED) is 0.153. The first kappa shape index (κ1) is 31.9. The molecule has 0 bridgehead atoms. The summed E-state index contributed by atoms with van der Waals surface area (Å²) >= 11 is 2.56. The minimum Gasteiger partial charge on any atom is -0.465 e. The summed E-state index contributed by atoms with van der Waals surface area (Å²) < 4.78 is 15.8. The van der Waals surface area contributed by atoms with E-state index in [9.17, 15) is 19.2 Å². The highest BCUT2D eigenvalue weighted by Gasteiger charge is 2.33. The molecule has 1 unspecified atom stereocenters. The summed E-state index contributed by atoms with van der Waals surface area (Å²) in [7, 11) is 1.30. The predicted molar refractivity (Wildman–Crippen MR) is 173 cm³/mol. The van der Waals surface area contributed by atoms with Crippen LogP contribution >= 0.6 is 23.1 Å². The van der Waals surface area contributed by atoms with Crippen LogP contribution in [0.1, 0.15) is 62.9 Å². The molecule has 3 heterocycles. The topological polar surface area (TPSA) is 127 Å². The normalized spacial score (nSPS) is 13.4. The first-order valence-electron chi connectivity index (χ1n) is 14.2. The van der Waals surface area contributed by atoms with Gasteiger partial charge in [-0.1, -0.05) is 36.4 Å². The molecule has 1 atom stereocenters. The second-order valence-corrected chi connectivity index (χ2v) is 13.5. The summed E-state index contributed by atoms with van der Waals surface area (Å²) in [6.45, 7) is 6.04. The van der Waals surface area contributed by atoms with E-state index in [-0.39, 0.29) is 24.1 Å². The summed E-state index contributed by atoms with van der Waals surface area (Å²) in [5, 5.41) is 5.46. The number of hydrogen-bond acceptors (Lipinski definition) is 9. The predicted octanol–water partition coefficient (Wildman–Crippen LogP) is 7.15. The van der Waals surface area contributed by atoms with Gasteiger partial charge < -0.3 is 29.4 Å². The molecule has 0 radical (unpaired) electrons. The molecular formula is C33H33N3O7S2. The molecule has 4 aromatic rings. The highest BCUT2D eigenvalue weighted by Crippen LogP contribution is 2.41. The van der Waals surface area contributed by atoms with E-state index in [4.69, 9.17) is 13.9 Å². The number of thioether (sulfide) groups is 1. The fourth-order valence-corrected chi connectivity index (χ4v) is 7.09. The van der Waals surface area contributed by atoms with Crippen LogP contribution in [0.3, 0.4) is 0 Å². The maximum atomic E-state index is 14.0. The number of nitrogens with zero attached hydrogens (tertiary/aromatic N) is 1. The van der Waals surface area contributed by atoms with E-state index in [1.165, 1.54) is 36.5 Å². The third-order valence-corrected chi connectivity index (χ3v) is 9.15. The summed E-state index contributed by atoms with van der Waals surface area (Å²) in [6, 6.07) is 19.7. The van der Waals surface area contributed by atoms with E-state index >= 15 is 0 Å². The van der Waals surface area contributed by atoms with Gasteiger partial charge in [0.05, 0.1) is 25.5 Å². The zero-order chi connectivity index (χ0) is 32.1. The molecular weight excluding hydrogens is 615 g/mol. The molecule has 0 fully saturated rings. The van der Waals surface area contributed by atoms with Crippen molar-refractivity contribution in [3.8, 4) is 0 Å². The number of methoxy groups -OCH3 is 1. The number of thiophene rings is 1. The Labute approximate surface area is 269 Å². The van der Waals surface area contributed by atoms with Gasteiger partial charge in [0.2, 0.25) is 5.91 Å². The van der Waals surface area contributed by atoms with E-state index < -0.39 is 22.9 Å². The van der Waals surface area contributed by atoms with E-state index in [1.807, 2.05) is 57.2 Å². The van der Waals surface area contributed by atoms with Crippen molar-refractivity contribution >= 4 is 57.7 Å². The average Bonchev–Trinajstić information content (AvgIpc) is 3.67. The van der Waals surface area contributed by atoms with Gasteiger partial charge >= 0.3 is 12.1 Å². The molecule has 2 aromatic carbocycles. The zero-order valence-electron chi connectivity index (χ0n) is 25.2. The van der Waals surface area contributed by atoms with Crippen LogP contribution in [-0.2, 0) is 27.2 Å². The first-order chi connectivity index (χ1) is 21.5. The first-order valence-corrected chi connectivity index (χ1v) is 15.9. The van der Waals surface area contributed by atoms with Gasteiger partial charge in [-0.25, -0.2) is 9.59 Å². The average molecular weight is 648 g/mol. The lowest BCUT2D eigenvalue weighted by Crippen LogP contribution is -2.39. The van der Waals surface area contributed by atoms with Crippen molar-refractivity contribution in [1.82, 2.24) is 4.90 Å². The molecule has 1 aliphatic rings. The Kier molecular flexibility index (Phi) is 9.64. The van der Waals surface area contributed by atoms with Crippen LogP contribution in [0.4, 0.5) is 15.5 Å². The Bertz CT molecular complexity index is 1690. The largest absolute Gasteiger partial charge is 0.465 e. The number of amides is 3. The second-order valence-electron chi connectivity index (χ2n) is 11.2.